The predicted molar refractivity (Wildman–Crippen MR) is 83.3 cm³/mol. The van der Waals surface area contributed by atoms with Crippen molar-refractivity contribution in [1.29, 1.82) is 0 Å². The molecule has 0 saturated carbocycles. The van der Waals surface area contributed by atoms with Gasteiger partial charge in [0.15, 0.2) is 0 Å². The molecule has 0 saturated heterocycles. The van der Waals surface area contributed by atoms with Gasteiger partial charge in [0.25, 0.3) is 0 Å². The molecule has 0 amide bonds. The van der Waals surface area contributed by atoms with Crippen molar-refractivity contribution < 1.29 is 14.0 Å². The zero-order chi connectivity index (χ0) is 14.3. The first kappa shape index (κ1) is 18.5. The fourth-order valence-corrected chi connectivity index (χ4v) is 2.89. The van der Waals surface area contributed by atoms with Gasteiger partial charge >= 0.3 is 6.16 Å². The second kappa shape index (κ2) is 13.9. The zero-order valence-electron chi connectivity index (χ0n) is 13.1. The lowest BCUT2D eigenvalue weighted by Crippen LogP contribution is -2.15. The van der Waals surface area contributed by atoms with Gasteiger partial charge in [-0.25, -0.2) is 4.79 Å². The molecule has 0 fully saturated rings. The van der Waals surface area contributed by atoms with Crippen LogP contribution >= 0.6 is 0 Å². The van der Waals surface area contributed by atoms with E-state index in [1.807, 2.05) is 0 Å². The molecule has 0 atom stereocenters. The van der Waals surface area contributed by atoms with Gasteiger partial charge in [-0.15, -0.1) is 0 Å². The number of rotatable bonds is 12. The van der Waals surface area contributed by atoms with E-state index in [0.717, 1.165) is 25.7 Å². The number of carbonyl (C=O) groups excluding carboxylic acids is 1. The number of unbranched alkanes of at least 4 members (excludes halogenated alkanes) is 6. The molecule has 0 aromatic heterocycles. The maximum atomic E-state index is 11.3. The Bertz CT molecular complexity index is 206. The standard InChI is InChI=1S/C15H32O3Si/c1-4-7-8-9-10-11-12-13-17-15(16)18-19-14(5-2)6-3/h14H,4-13,19H2,1-3H3. The van der Waals surface area contributed by atoms with Gasteiger partial charge in [-0.3, -0.25) is 0 Å². The Kier molecular flexibility index (Phi) is 13.5. The molecular weight excluding hydrogens is 256 g/mol. The summed E-state index contributed by atoms with van der Waals surface area (Å²) in [7, 11) is -0.750. The van der Waals surface area contributed by atoms with Crippen LogP contribution in [0.4, 0.5) is 4.79 Å². The molecule has 0 unspecified atom stereocenters. The minimum atomic E-state index is -0.750. The SMILES string of the molecule is CCCCCCCCCOC(=O)O[SiH2]C(CC)CC. The van der Waals surface area contributed by atoms with Crippen molar-refractivity contribution in [1.82, 2.24) is 0 Å². The highest BCUT2D eigenvalue weighted by Crippen LogP contribution is 2.13. The van der Waals surface area contributed by atoms with E-state index in [1.165, 1.54) is 32.1 Å². The molecule has 0 N–H and O–H groups in total. The van der Waals surface area contributed by atoms with Crippen molar-refractivity contribution in [3.05, 3.63) is 0 Å². The first-order valence-corrected chi connectivity index (χ1v) is 9.43. The quantitative estimate of drug-likeness (QED) is 0.299. The molecule has 0 bridgehead atoms. The number of carbonyl (C=O) groups is 1. The normalized spacial score (nSPS) is 11.4. The van der Waals surface area contributed by atoms with E-state index in [2.05, 4.69) is 20.8 Å². The average molecular weight is 289 g/mol. The van der Waals surface area contributed by atoms with Crippen LogP contribution in [0, 0.1) is 0 Å². The maximum Gasteiger partial charge on any atom is 0.493 e. The summed E-state index contributed by atoms with van der Waals surface area (Å²) in [6, 6.07) is 0. The third-order valence-electron chi connectivity index (χ3n) is 3.56. The lowest BCUT2D eigenvalue weighted by atomic mass is 10.1. The molecule has 0 aromatic rings. The lowest BCUT2D eigenvalue weighted by Gasteiger charge is -2.11. The van der Waals surface area contributed by atoms with Gasteiger partial charge in [0, 0.05) is 0 Å². The van der Waals surface area contributed by atoms with Gasteiger partial charge in [0.1, 0.15) is 0 Å². The van der Waals surface area contributed by atoms with Gasteiger partial charge in [-0.05, 0) is 12.0 Å². The van der Waals surface area contributed by atoms with E-state index >= 15 is 0 Å². The fourth-order valence-electron chi connectivity index (χ4n) is 1.97. The molecule has 0 aromatic carbocycles. The summed E-state index contributed by atoms with van der Waals surface area (Å²) >= 11 is 0. The summed E-state index contributed by atoms with van der Waals surface area (Å²) in [5.41, 5.74) is 0.603. The third-order valence-corrected chi connectivity index (χ3v) is 5.59. The zero-order valence-corrected chi connectivity index (χ0v) is 14.5. The molecule has 19 heavy (non-hydrogen) atoms. The Labute approximate surface area is 121 Å². The van der Waals surface area contributed by atoms with E-state index < -0.39 is 15.9 Å². The van der Waals surface area contributed by atoms with Gasteiger partial charge in [0.05, 0.1) is 6.61 Å². The number of hydrogen-bond acceptors (Lipinski definition) is 3. The maximum absolute atomic E-state index is 11.3. The van der Waals surface area contributed by atoms with E-state index in [9.17, 15) is 4.79 Å². The Balaban J connectivity index is 3.29. The van der Waals surface area contributed by atoms with Crippen LogP contribution in [-0.2, 0) is 9.16 Å². The van der Waals surface area contributed by atoms with Crippen LogP contribution in [-0.4, -0.2) is 22.5 Å². The fraction of sp³-hybridized carbons (Fsp3) is 0.933. The summed E-state index contributed by atoms with van der Waals surface area (Å²) in [6.07, 6.45) is 10.4. The molecular formula is C15H32O3Si. The smallest absolute Gasteiger partial charge is 0.493 e. The van der Waals surface area contributed by atoms with Crippen LogP contribution in [0.15, 0.2) is 0 Å². The van der Waals surface area contributed by atoms with E-state index in [-0.39, 0.29) is 0 Å². The highest BCUT2D eigenvalue weighted by molar-refractivity contribution is 6.32. The van der Waals surface area contributed by atoms with E-state index in [1.54, 1.807) is 0 Å². The molecule has 114 valence electrons. The topological polar surface area (TPSA) is 35.5 Å². The van der Waals surface area contributed by atoms with Crippen LogP contribution in [0.25, 0.3) is 0 Å². The average Bonchev–Trinajstić information content (AvgIpc) is 2.43. The van der Waals surface area contributed by atoms with Gasteiger partial charge in [-0.1, -0.05) is 72.1 Å². The molecule has 0 aliphatic heterocycles. The van der Waals surface area contributed by atoms with Crippen molar-refractivity contribution in [2.24, 2.45) is 0 Å². The summed E-state index contributed by atoms with van der Waals surface area (Å²) in [4.78, 5) is 11.3. The second-order valence-electron chi connectivity index (χ2n) is 5.21. The summed E-state index contributed by atoms with van der Waals surface area (Å²) in [6.45, 7) is 7.04. The first-order chi connectivity index (χ1) is 9.24. The van der Waals surface area contributed by atoms with Crippen LogP contribution < -0.4 is 0 Å². The molecule has 0 radical (unpaired) electrons. The summed E-state index contributed by atoms with van der Waals surface area (Å²) < 4.78 is 10.3. The summed E-state index contributed by atoms with van der Waals surface area (Å²) in [5.74, 6) is 0. The van der Waals surface area contributed by atoms with Gasteiger partial charge in [-0.2, -0.15) is 0 Å². The molecule has 4 heteroatoms. The Morgan fingerprint density at radius 1 is 0.947 bits per heavy atom. The molecule has 0 aliphatic rings. The van der Waals surface area contributed by atoms with E-state index in [0.29, 0.717) is 12.1 Å². The molecule has 0 spiro atoms. The van der Waals surface area contributed by atoms with Crippen LogP contribution in [0.1, 0.15) is 78.6 Å². The third kappa shape index (κ3) is 12.3. The van der Waals surface area contributed by atoms with Gasteiger partial charge in [0.2, 0.25) is 9.76 Å². The summed E-state index contributed by atoms with van der Waals surface area (Å²) in [5, 5.41) is 0. The minimum Gasteiger partial charge on any atom is -0.494 e. The number of hydrogen-bond donors (Lipinski definition) is 0. The molecule has 3 nitrogen and oxygen atoms in total. The Morgan fingerprint density at radius 3 is 2.11 bits per heavy atom. The monoisotopic (exact) mass is 288 g/mol. The van der Waals surface area contributed by atoms with Crippen LogP contribution in [0.5, 0.6) is 0 Å². The Morgan fingerprint density at radius 2 is 1.53 bits per heavy atom. The van der Waals surface area contributed by atoms with Crippen molar-refractivity contribution in [2.45, 2.75) is 84.1 Å². The molecule has 0 heterocycles. The second-order valence-corrected chi connectivity index (χ2v) is 6.99. The van der Waals surface area contributed by atoms with Crippen molar-refractivity contribution >= 4 is 15.9 Å². The van der Waals surface area contributed by atoms with Gasteiger partial charge < -0.3 is 9.16 Å². The number of ether oxygens (including phenoxy) is 1. The highest BCUT2D eigenvalue weighted by Gasteiger charge is 2.09. The highest BCUT2D eigenvalue weighted by atomic mass is 28.2. The van der Waals surface area contributed by atoms with E-state index in [4.69, 9.17) is 9.16 Å². The van der Waals surface area contributed by atoms with Crippen LogP contribution in [0.2, 0.25) is 5.54 Å². The van der Waals surface area contributed by atoms with Crippen LogP contribution in [0.3, 0.4) is 0 Å². The van der Waals surface area contributed by atoms with Crippen molar-refractivity contribution in [3.8, 4) is 0 Å². The minimum absolute atomic E-state index is 0.440. The van der Waals surface area contributed by atoms with Crippen molar-refractivity contribution in [2.75, 3.05) is 6.61 Å². The molecule has 0 rings (SSSR count). The first-order valence-electron chi connectivity index (χ1n) is 8.04. The molecule has 0 aliphatic carbocycles. The predicted octanol–water partition coefficient (Wildman–Crippen LogP) is 4.58. The Hall–Kier alpha value is -0.513. The largest absolute Gasteiger partial charge is 0.494 e. The lowest BCUT2D eigenvalue weighted by molar-refractivity contribution is 0.0980. The van der Waals surface area contributed by atoms with Crippen molar-refractivity contribution in [3.63, 3.8) is 0 Å².